The van der Waals surface area contributed by atoms with E-state index in [4.69, 9.17) is 19.6 Å². The number of benzene rings is 3. The first-order chi connectivity index (χ1) is 23.3. The van der Waals surface area contributed by atoms with Gasteiger partial charge >= 0.3 is 0 Å². The summed E-state index contributed by atoms with van der Waals surface area (Å²) in [4.78, 5) is 21.7. The van der Waals surface area contributed by atoms with Gasteiger partial charge in [0.2, 0.25) is 0 Å². The van der Waals surface area contributed by atoms with Gasteiger partial charge in [-0.25, -0.2) is 9.97 Å². The van der Waals surface area contributed by atoms with Crippen molar-refractivity contribution in [3.8, 4) is 22.3 Å². The van der Waals surface area contributed by atoms with Gasteiger partial charge in [0.25, 0.3) is 0 Å². The molecule has 7 rings (SSSR count). The molecule has 0 amide bonds. The molecule has 0 unspecified atom stereocenters. The summed E-state index contributed by atoms with van der Waals surface area (Å²) in [5.74, 6) is 0. The zero-order chi connectivity index (χ0) is 32.0. The van der Waals surface area contributed by atoms with Crippen LogP contribution in [-0.4, -0.2) is 34.6 Å². The molecule has 2 heterocycles. The van der Waals surface area contributed by atoms with Gasteiger partial charge in [-0.15, -0.1) is 0 Å². The number of hydrogen-bond acceptors (Lipinski definition) is 6. The van der Waals surface area contributed by atoms with Crippen LogP contribution in [0.4, 0.5) is 0 Å². The highest BCUT2D eigenvalue weighted by atomic mass is 16.6. The molecule has 234 valence electrons. The monoisotopic (exact) mass is 618 g/mol. The van der Waals surface area contributed by atoms with Crippen LogP contribution in [0.5, 0.6) is 0 Å². The smallest absolute Gasteiger partial charge is 0.120 e. The minimum absolute atomic E-state index is 0.423. The summed E-state index contributed by atoms with van der Waals surface area (Å²) in [7, 11) is 0. The third-order valence-electron chi connectivity index (χ3n) is 8.93. The summed E-state index contributed by atoms with van der Waals surface area (Å²) in [6.45, 7) is 8.95. The SMILES string of the molecule is C=Cc1nc2c(c(-c3ccccc3)c1C=C)CCC/C2=N\OCCCO/N=C1\CCCc2c1nc1ccccc1c2-c1ccccc1. The Morgan fingerprint density at radius 2 is 1.17 bits per heavy atom. The van der Waals surface area contributed by atoms with Gasteiger partial charge in [0.05, 0.1) is 22.6 Å². The number of fused-ring (bicyclic) bond motifs is 3. The molecule has 2 aliphatic carbocycles. The molecule has 0 fully saturated rings. The molecule has 0 atom stereocenters. The van der Waals surface area contributed by atoms with Crippen LogP contribution < -0.4 is 0 Å². The van der Waals surface area contributed by atoms with Crippen molar-refractivity contribution in [2.45, 2.75) is 44.9 Å². The van der Waals surface area contributed by atoms with Crippen molar-refractivity contribution in [1.29, 1.82) is 0 Å². The van der Waals surface area contributed by atoms with Crippen molar-refractivity contribution in [1.82, 2.24) is 9.97 Å². The van der Waals surface area contributed by atoms with E-state index >= 15 is 0 Å². The third-order valence-corrected chi connectivity index (χ3v) is 8.93. The fourth-order valence-corrected chi connectivity index (χ4v) is 6.82. The molecule has 0 saturated heterocycles. The first-order valence-corrected chi connectivity index (χ1v) is 16.5. The van der Waals surface area contributed by atoms with Crippen LogP contribution in [0, 0.1) is 0 Å². The Morgan fingerprint density at radius 1 is 0.617 bits per heavy atom. The summed E-state index contributed by atoms with van der Waals surface area (Å²) >= 11 is 0. The zero-order valence-corrected chi connectivity index (χ0v) is 26.6. The maximum atomic E-state index is 5.84. The Hall–Kier alpha value is -5.36. The molecule has 6 nitrogen and oxygen atoms in total. The predicted octanol–water partition coefficient (Wildman–Crippen LogP) is 9.45. The van der Waals surface area contributed by atoms with Crippen LogP contribution in [0.1, 0.15) is 65.9 Å². The van der Waals surface area contributed by atoms with Gasteiger partial charge < -0.3 is 9.68 Å². The summed E-state index contributed by atoms with van der Waals surface area (Å²) in [5, 5.41) is 10.3. The van der Waals surface area contributed by atoms with E-state index in [1.165, 1.54) is 27.6 Å². The molecule has 47 heavy (non-hydrogen) atoms. The quantitative estimate of drug-likeness (QED) is 0.115. The standard InChI is InChI=1S/C41H38N4O2/c1-3-30-34(4-2)42-40-32(38(30)28-16-7-5-8-17-28)21-13-24-36(40)44-46-26-15-27-47-45-37-25-14-22-33-39(29-18-9-6-10-19-29)31-20-11-12-23-35(31)43-41(33)37/h3-12,16-20,23H,1-2,13-15,21-22,24-27H2/b44-36+,45-37+. The molecule has 0 N–H and O–H groups in total. The Morgan fingerprint density at radius 3 is 1.79 bits per heavy atom. The molecular weight excluding hydrogens is 580 g/mol. The van der Waals surface area contributed by atoms with E-state index < -0.39 is 0 Å². The number of rotatable bonds is 10. The highest BCUT2D eigenvalue weighted by Gasteiger charge is 2.26. The van der Waals surface area contributed by atoms with E-state index in [-0.39, 0.29) is 0 Å². The lowest BCUT2D eigenvalue weighted by Gasteiger charge is -2.23. The minimum Gasteiger partial charge on any atom is -0.395 e. The lowest BCUT2D eigenvalue weighted by atomic mass is 9.84. The van der Waals surface area contributed by atoms with Crippen LogP contribution in [-0.2, 0) is 22.5 Å². The van der Waals surface area contributed by atoms with E-state index in [1.807, 2.05) is 18.2 Å². The average Bonchev–Trinajstić information content (AvgIpc) is 3.13. The van der Waals surface area contributed by atoms with E-state index in [0.717, 1.165) is 89.2 Å². The normalized spacial score (nSPS) is 15.7. The molecule has 2 aliphatic rings. The lowest BCUT2D eigenvalue weighted by molar-refractivity contribution is 0.0894. The number of pyridine rings is 2. The molecular formula is C41H38N4O2. The number of para-hydroxylation sites is 1. The van der Waals surface area contributed by atoms with E-state index in [2.05, 4.69) is 96.3 Å². The van der Waals surface area contributed by atoms with Crippen LogP contribution in [0.2, 0.25) is 0 Å². The lowest BCUT2D eigenvalue weighted by Crippen LogP contribution is -2.18. The average molecular weight is 619 g/mol. The fraction of sp³-hybridized carbons (Fsp3) is 0.220. The number of aromatic nitrogens is 2. The minimum atomic E-state index is 0.423. The van der Waals surface area contributed by atoms with Gasteiger partial charge in [-0.05, 0) is 84.0 Å². The van der Waals surface area contributed by atoms with Crippen molar-refractivity contribution in [3.63, 3.8) is 0 Å². The van der Waals surface area contributed by atoms with Crippen molar-refractivity contribution in [2.24, 2.45) is 10.3 Å². The second-order valence-electron chi connectivity index (χ2n) is 11.9. The Balaban J connectivity index is 1.05. The van der Waals surface area contributed by atoms with Gasteiger partial charge in [-0.2, -0.15) is 0 Å². The number of nitrogens with zero attached hydrogens (tertiary/aromatic N) is 4. The zero-order valence-electron chi connectivity index (χ0n) is 26.6. The largest absolute Gasteiger partial charge is 0.395 e. The first-order valence-electron chi connectivity index (χ1n) is 16.5. The number of oxime groups is 2. The second-order valence-corrected chi connectivity index (χ2v) is 11.9. The third kappa shape index (κ3) is 6.11. The van der Waals surface area contributed by atoms with Crippen LogP contribution in [0.3, 0.4) is 0 Å². The summed E-state index contributed by atoms with van der Waals surface area (Å²) in [6, 6.07) is 29.4. The van der Waals surface area contributed by atoms with Gasteiger partial charge in [0, 0.05) is 17.4 Å². The maximum Gasteiger partial charge on any atom is 0.120 e. The highest BCUT2D eigenvalue weighted by molar-refractivity contribution is 6.07. The Kier molecular flexibility index (Phi) is 9.00. The van der Waals surface area contributed by atoms with Gasteiger partial charge in [-0.3, -0.25) is 0 Å². The second kappa shape index (κ2) is 14.0. The Bertz CT molecular complexity index is 2000. The van der Waals surface area contributed by atoms with Crippen molar-refractivity contribution in [3.05, 3.63) is 132 Å². The molecule has 0 saturated carbocycles. The Labute approximate surface area is 276 Å². The van der Waals surface area contributed by atoms with E-state index in [9.17, 15) is 0 Å². The van der Waals surface area contributed by atoms with Crippen molar-refractivity contribution < 1.29 is 9.68 Å². The highest BCUT2D eigenvalue weighted by Crippen LogP contribution is 2.38. The van der Waals surface area contributed by atoms with Gasteiger partial charge in [0.1, 0.15) is 24.6 Å². The van der Waals surface area contributed by atoms with Gasteiger partial charge in [0.15, 0.2) is 0 Å². The topological polar surface area (TPSA) is 69.0 Å². The fourth-order valence-electron chi connectivity index (χ4n) is 6.82. The summed E-state index contributed by atoms with van der Waals surface area (Å²) < 4.78 is 0. The van der Waals surface area contributed by atoms with Crippen LogP contribution >= 0.6 is 0 Å². The summed E-state index contributed by atoms with van der Waals surface area (Å²) in [6.07, 6.45) is 9.88. The molecule has 0 bridgehead atoms. The van der Waals surface area contributed by atoms with Crippen molar-refractivity contribution in [2.75, 3.05) is 13.2 Å². The molecule has 0 aliphatic heterocycles. The van der Waals surface area contributed by atoms with E-state index in [1.54, 1.807) is 6.08 Å². The number of hydrogen-bond donors (Lipinski definition) is 0. The van der Waals surface area contributed by atoms with Crippen LogP contribution in [0.25, 0.3) is 45.3 Å². The maximum absolute atomic E-state index is 5.84. The van der Waals surface area contributed by atoms with Crippen molar-refractivity contribution >= 4 is 34.5 Å². The molecule has 0 radical (unpaired) electrons. The molecule has 3 aromatic carbocycles. The molecule has 6 heteroatoms. The molecule has 2 aromatic heterocycles. The predicted molar refractivity (Wildman–Crippen MR) is 193 cm³/mol. The van der Waals surface area contributed by atoms with Crippen LogP contribution in [0.15, 0.2) is 108 Å². The van der Waals surface area contributed by atoms with E-state index in [0.29, 0.717) is 19.6 Å². The molecule has 0 spiro atoms. The molecule has 5 aromatic rings. The van der Waals surface area contributed by atoms with Gasteiger partial charge in [-0.1, -0.05) is 108 Å². The first kappa shape index (κ1) is 30.3. The summed E-state index contributed by atoms with van der Waals surface area (Å²) in [5.41, 5.74) is 13.6.